The van der Waals surface area contributed by atoms with E-state index in [-0.39, 0.29) is 11.7 Å². The second-order valence-electron chi connectivity index (χ2n) is 4.24. The van der Waals surface area contributed by atoms with Crippen LogP contribution < -0.4 is 0 Å². The Morgan fingerprint density at radius 2 is 2.25 bits per heavy atom. The number of halogens is 1. The zero-order valence-corrected chi connectivity index (χ0v) is 11.0. The third kappa shape index (κ3) is 2.19. The summed E-state index contributed by atoms with van der Waals surface area (Å²) in [6.45, 7) is 3.73. The second kappa shape index (κ2) is 4.42. The Kier molecular flexibility index (Phi) is 3.15. The highest BCUT2D eigenvalue weighted by Crippen LogP contribution is 2.29. The third-order valence-corrected chi connectivity index (χ3v) is 3.29. The predicted octanol–water partition coefficient (Wildman–Crippen LogP) is 4.01. The van der Waals surface area contributed by atoms with E-state index in [2.05, 4.69) is 40.0 Å². The average molecular weight is 280 g/mol. The number of nitrogens with one attached hydrogen (secondary N) is 1. The number of aromatic amines is 1. The first-order valence-corrected chi connectivity index (χ1v) is 6.13. The first-order valence-electron chi connectivity index (χ1n) is 5.34. The Morgan fingerprint density at radius 3 is 2.94 bits per heavy atom. The van der Waals surface area contributed by atoms with Crippen LogP contribution in [-0.2, 0) is 4.79 Å². The number of benzene rings is 1. The molecule has 2 nitrogen and oxygen atoms in total. The summed E-state index contributed by atoms with van der Waals surface area (Å²) < 4.78 is 1.06. The topological polar surface area (TPSA) is 32.9 Å². The first kappa shape index (κ1) is 11.4. The average Bonchev–Trinajstić information content (AvgIpc) is 2.59. The second-order valence-corrected chi connectivity index (χ2v) is 5.16. The normalized spacial score (nSPS) is 12.9. The van der Waals surface area contributed by atoms with Crippen LogP contribution in [0, 0.1) is 0 Å². The highest BCUT2D eigenvalue weighted by Gasteiger charge is 2.12. The van der Waals surface area contributed by atoms with Gasteiger partial charge in [0, 0.05) is 28.0 Å². The summed E-state index contributed by atoms with van der Waals surface area (Å²) in [7, 11) is 0. The molecule has 0 saturated carbocycles. The van der Waals surface area contributed by atoms with Crippen molar-refractivity contribution in [1.29, 1.82) is 0 Å². The monoisotopic (exact) mass is 279 g/mol. The quantitative estimate of drug-likeness (QED) is 0.905. The van der Waals surface area contributed by atoms with Crippen molar-refractivity contribution in [3.63, 3.8) is 0 Å². The molecule has 0 spiro atoms. The lowest BCUT2D eigenvalue weighted by molar-refractivity contribution is -0.117. The lowest BCUT2D eigenvalue weighted by Gasteiger charge is -2.07. The predicted molar refractivity (Wildman–Crippen MR) is 69.7 cm³/mol. The summed E-state index contributed by atoms with van der Waals surface area (Å²) >= 11 is 3.44. The van der Waals surface area contributed by atoms with Crippen LogP contribution in [-0.4, -0.2) is 10.8 Å². The molecule has 1 aromatic carbocycles. The van der Waals surface area contributed by atoms with Gasteiger partial charge in [0.1, 0.15) is 5.78 Å². The van der Waals surface area contributed by atoms with Gasteiger partial charge in [0.2, 0.25) is 0 Å². The molecule has 1 aromatic heterocycles. The van der Waals surface area contributed by atoms with E-state index in [9.17, 15) is 4.79 Å². The minimum atomic E-state index is 0.235. The summed E-state index contributed by atoms with van der Waals surface area (Å²) in [6, 6.07) is 6.17. The maximum Gasteiger partial charge on any atom is 0.130 e. The van der Waals surface area contributed by atoms with Gasteiger partial charge in [-0.3, -0.25) is 0 Å². The molecule has 2 rings (SSSR count). The van der Waals surface area contributed by atoms with E-state index in [1.807, 2.05) is 12.3 Å². The van der Waals surface area contributed by atoms with E-state index < -0.39 is 0 Å². The van der Waals surface area contributed by atoms with Gasteiger partial charge in [0.25, 0.3) is 0 Å². The number of H-pyrrole nitrogens is 1. The van der Waals surface area contributed by atoms with Crippen LogP contribution in [0.25, 0.3) is 10.9 Å². The van der Waals surface area contributed by atoms with Crippen molar-refractivity contribution in [3.8, 4) is 0 Å². The number of ketones is 1. The molecule has 0 aliphatic heterocycles. The van der Waals surface area contributed by atoms with Crippen LogP contribution >= 0.6 is 15.9 Å². The van der Waals surface area contributed by atoms with E-state index in [1.54, 1.807) is 6.92 Å². The molecule has 0 saturated heterocycles. The molecule has 0 bridgehead atoms. The fourth-order valence-electron chi connectivity index (χ4n) is 2.07. The number of aromatic nitrogens is 1. The van der Waals surface area contributed by atoms with Crippen molar-refractivity contribution < 1.29 is 4.79 Å². The summed E-state index contributed by atoms with van der Waals surface area (Å²) in [5, 5.41) is 1.21. The van der Waals surface area contributed by atoms with Gasteiger partial charge >= 0.3 is 0 Å². The van der Waals surface area contributed by atoms with Gasteiger partial charge in [-0.1, -0.05) is 28.9 Å². The molecule has 1 heterocycles. The van der Waals surface area contributed by atoms with E-state index >= 15 is 0 Å². The van der Waals surface area contributed by atoms with E-state index in [0.29, 0.717) is 6.42 Å². The van der Waals surface area contributed by atoms with Gasteiger partial charge in [0.05, 0.1) is 0 Å². The highest BCUT2D eigenvalue weighted by molar-refractivity contribution is 9.10. The Hall–Kier alpha value is -1.09. The van der Waals surface area contributed by atoms with Gasteiger partial charge in [0.15, 0.2) is 0 Å². The molecule has 1 atom stereocenters. The standard InChI is InChI=1S/C13H14BrNO/c1-8(5-9(2)16)12-7-15-13-6-10(14)3-4-11(12)13/h3-4,6-8,15H,5H2,1-2H3. The van der Waals surface area contributed by atoms with Crippen molar-refractivity contribution in [3.05, 3.63) is 34.4 Å². The van der Waals surface area contributed by atoms with Gasteiger partial charge in [-0.25, -0.2) is 0 Å². The smallest absolute Gasteiger partial charge is 0.130 e. The number of carbonyl (C=O) groups is 1. The minimum absolute atomic E-state index is 0.235. The van der Waals surface area contributed by atoms with Crippen LogP contribution in [0.3, 0.4) is 0 Å². The number of fused-ring (bicyclic) bond motifs is 1. The SMILES string of the molecule is CC(=O)CC(C)c1c[nH]c2cc(Br)ccc12. The van der Waals surface area contributed by atoms with Gasteiger partial charge < -0.3 is 9.78 Å². The van der Waals surface area contributed by atoms with E-state index in [0.717, 1.165) is 9.99 Å². The Balaban J connectivity index is 2.41. The van der Waals surface area contributed by atoms with Crippen LogP contribution in [0.1, 0.15) is 31.7 Å². The van der Waals surface area contributed by atoms with E-state index in [4.69, 9.17) is 0 Å². The largest absolute Gasteiger partial charge is 0.361 e. The third-order valence-electron chi connectivity index (χ3n) is 2.80. The molecular weight excluding hydrogens is 266 g/mol. The molecule has 0 aliphatic rings. The van der Waals surface area contributed by atoms with Crippen molar-refractivity contribution in [1.82, 2.24) is 4.98 Å². The van der Waals surface area contributed by atoms with Crippen LogP contribution in [0.4, 0.5) is 0 Å². The zero-order valence-electron chi connectivity index (χ0n) is 9.38. The molecule has 0 amide bonds. The lowest BCUT2D eigenvalue weighted by Crippen LogP contribution is -1.99. The van der Waals surface area contributed by atoms with Gasteiger partial charge in [-0.05, 0) is 30.5 Å². The Bertz CT molecular complexity index is 530. The zero-order chi connectivity index (χ0) is 11.7. The van der Waals surface area contributed by atoms with Gasteiger partial charge in [-0.2, -0.15) is 0 Å². The molecule has 0 aliphatic carbocycles. The maximum absolute atomic E-state index is 11.1. The molecule has 16 heavy (non-hydrogen) atoms. The number of hydrogen-bond acceptors (Lipinski definition) is 1. The summed E-state index contributed by atoms with van der Waals surface area (Å²) in [5.41, 5.74) is 2.33. The molecule has 0 radical (unpaired) electrons. The Labute approximate surface area is 103 Å². The summed E-state index contributed by atoms with van der Waals surface area (Å²) in [6.07, 6.45) is 2.60. The fraction of sp³-hybridized carbons (Fsp3) is 0.308. The Morgan fingerprint density at radius 1 is 1.50 bits per heavy atom. The highest BCUT2D eigenvalue weighted by atomic mass is 79.9. The molecule has 0 fully saturated rings. The summed E-state index contributed by atoms with van der Waals surface area (Å²) in [5.74, 6) is 0.506. The van der Waals surface area contributed by atoms with Crippen LogP contribution in [0.5, 0.6) is 0 Å². The van der Waals surface area contributed by atoms with Crippen LogP contribution in [0.2, 0.25) is 0 Å². The molecule has 2 aromatic rings. The molecular formula is C13H14BrNO. The number of hydrogen-bond donors (Lipinski definition) is 1. The van der Waals surface area contributed by atoms with Crippen molar-refractivity contribution in [2.45, 2.75) is 26.2 Å². The van der Waals surface area contributed by atoms with Crippen molar-refractivity contribution in [2.75, 3.05) is 0 Å². The van der Waals surface area contributed by atoms with Gasteiger partial charge in [-0.15, -0.1) is 0 Å². The lowest BCUT2D eigenvalue weighted by atomic mass is 9.96. The minimum Gasteiger partial charge on any atom is -0.361 e. The molecule has 84 valence electrons. The van der Waals surface area contributed by atoms with Crippen LogP contribution in [0.15, 0.2) is 28.9 Å². The molecule has 1 unspecified atom stereocenters. The molecule has 3 heteroatoms. The van der Waals surface area contributed by atoms with Crippen molar-refractivity contribution in [2.24, 2.45) is 0 Å². The number of Topliss-reactive ketones (excluding diaryl/α,β-unsaturated/α-hetero) is 1. The molecule has 1 N–H and O–H groups in total. The first-order chi connectivity index (χ1) is 7.58. The summed E-state index contributed by atoms with van der Waals surface area (Å²) in [4.78, 5) is 14.4. The number of carbonyl (C=O) groups excluding carboxylic acids is 1. The van der Waals surface area contributed by atoms with Crippen molar-refractivity contribution >= 4 is 32.6 Å². The fourth-order valence-corrected chi connectivity index (χ4v) is 2.43. The number of rotatable bonds is 3. The van der Waals surface area contributed by atoms with E-state index in [1.165, 1.54) is 10.9 Å². The maximum atomic E-state index is 11.1.